The Morgan fingerprint density at radius 1 is 0.533 bits per heavy atom. The van der Waals surface area contributed by atoms with Gasteiger partial charge in [0.25, 0.3) is 0 Å². The zero-order valence-electron chi connectivity index (χ0n) is 17.5. The average Bonchev–Trinajstić information content (AvgIpc) is 2.82. The molecule has 152 valence electrons. The van der Waals surface area contributed by atoms with E-state index < -0.39 is 0 Å². The Morgan fingerprint density at radius 2 is 0.967 bits per heavy atom. The van der Waals surface area contributed by atoms with Gasteiger partial charge in [0.1, 0.15) is 0 Å². The van der Waals surface area contributed by atoms with Crippen LogP contribution in [0.1, 0.15) is 36.8 Å². The molecule has 0 bridgehead atoms. The van der Waals surface area contributed by atoms with Gasteiger partial charge in [-0.1, -0.05) is 97.8 Å². The zero-order chi connectivity index (χ0) is 20.2. The fraction of sp³-hybridized carbons (Fsp3) is 0.286. The van der Waals surface area contributed by atoms with Gasteiger partial charge in [-0.2, -0.15) is 0 Å². The maximum absolute atomic E-state index is 3.89. The largest absolute Gasteiger partial charge is 0.308 e. The number of rotatable bonds is 6. The van der Waals surface area contributed by atoms with Crippen LogP contribution in [0.3, 0.4) is 0 Å². The lowest BCUT2D eigenvalue weighted by atomic mass is 9.89. The van der Waals surface area contributed by atoms with Gasteiger partial charge in [0.15, 0.2) is 0 Å². The second-order valence-electron chi connectivity index (χ2n) is 8.54. The first-order chi connectivity index (χ1) is 14.9. The number of hydrogen-bond donors (Lipinski definition) is 2. The van der Waals surface area contributed by atoms with E-state index in [0.717, 1.165) is 13.1 Å². The quantitative estimate of drug-likeness (QED) is 0.408. The van der Waals surface area contributed by atoms with Crippen LogP contribution in [-0.4, -0.2) is 12.1 Å². The first kappa shape index (κ1) is 19.3. The zero-order valence-corrected chi connectivity index (χ0v) is 17.5. The van der Waals surface area contributed by atoms with Gasteiger partial charge in [-0.3, -0.25) is 0 Å². The minimum Gasteiger partial charge on any atom is -0.308 e. The van der Waals surface area contributed by atoms with Crippen LogP contribution in [0.5, 0.6) is 0 Å². The molecule has 2 heteroatoms. The summed E-state index contributed by atoms with van der Waals surface area (Å²) in [6.07, 6.45) is 5.13. The smallest absolute Gasteiger partial charge is 0.0224 e. The van der Waals surface area contributed by atoms with E-state index >= 15 is 0 Å². The molecule has 4 aromatic carbocycles. The molecule has 1 saturated carbocycles. The van der Waals surface area contributed by atoms with Gasteiger partial charge in [-0.05, 0) is 45.5 Å². The lowest BCUT2D eigenvalue weighted by Gasteiger charge is -2.33. The van der Waals surface area contributed by atoms with Crippen LogP contribution >= 0.6 is 0 Å². The predicted molar refractivity (Wildman–Crippen MR) is 128 cm³/mol. The molecule has 1 aliphatic rings. The maximum atomic E-state index is 3.89. The molecule has 2 nitrogen and oxygen atoms in total. The van der Waals surface area contributed by atoms with Crippen molar-refractivity contribution < 1.29 is 0 Å². The topological polar surface area (TPSA) is 24.1 Å². The van der Waals surface area contributed by atoms with Crippen molar-refractivity contribution in [2.75, 3.05) is 0 Å². The van der Waals surface area contributed by atoms with Crippen LogP contribution in [0.15, 0.2) is 84.9 Å². The molecule has 4 aromatic rings. The highest BCUT2D eigenvalue weighted by molar-refractivity contribution is 5.86. The first-order valence-corrected chi connectivity index (χ1v) is 11.3. The van der Waals surface area contributed by atoms with Crippen molar-refractivity contribution in [2.45, 2.75) is 50.9 Å². The van der Waals surface area contributed by atoms with Crippen LogP contribution < -0.4 is 10.6 Å². The van der Waals surface area contributed by atoms with E-state index in [4.69, 9.17) is 0 Å². The summed E-state index contributed by atoms with van der Waals surface area (Å²) >= 11 is 0. The SMILES string of the molecule is c1ccc2c(CNC3CCCCC3NCc3cccc4ccccc34)cccc2c1. The molecule has 1 fully saturated rings. The summed E-state index contributed by atoms with van der Waals surface area (Å²) in [5, 5.41) is 13.2. The Bertz CT molecular complexity index is 1030. The van der Waals surface area contributed by atoms with E-state index in [1.807, 2.05) is 0 Å². The van der Waals surface area contributed by atoms with Gasteiger partial charge >= 0.3 is 0 Å². The lowest BCUT2D eigenvalue weighted by Crippen LogP contribution is -2.49. The summed E-state index contributed by atoms with van der Waals surface area (Å²) in [7, 11) is 0. The van der Waals surface area contributed by atoms with Crippen molar-refractivity contribution in [1.29, 1.82) is 0 Å². The van der Waals surface area contributed by atoms with Crippen molar-refractivity contribution in [1.82, 2.24) is 10.6 Å². The number of nitrogens with one attached hydrogen (secondary N) is 2. The van der Waals surface area contributed by atoms with Gasteiger partial charge < -0.3 is 10.6 Å². The van der Waals surface area contributed by atoms with Gasteiger partial charge in [-0.25, -0.2) is 0 Å². The third kappa shape index (κ3) is 4.12. The van der Waals surface area contributed by atoms with Gasteiger partial charge in [0.05, 0.1) is 0 Å². The Morgan fingerprint density at radius 3 is 1.47 bits per heavy atom. The number of hydrogen-bond acceptors (Lipinski definition) is 2. The molecule has 0 aliphatic heterocycles. The van der Waals surface area contributed by atoms with Crippen molar-refractivity contribution in [3.05, 3.63) is 96.1 Å². The Balaban J connectivity index is 1.28. The summed E-state index contributed by atoms with van der Waals surface area (Å²) in [6.45, 7) is 1.86. The van der Waals surface area contributed by atoms with E-state index in [-0.39, 0.29) is 0 Å². The van der Waals surface area contributed by atoms with Crippen LogP contribution in [0.4, 0.5) is 0 Å². The molecule has 2 unspecified atom stereocenters. The van der Waals surface area contributed by atoms with E-state index in [0.29, 0.717) is 12.1 Å². The summed E-state index contributed by atoms with van der Waals surface area (Å²) in [5.41, 5.74) is 2.79. The molecule has 30 heavy (non-hydrogen) atoms. The molecule has 0 heterocycles. The molecular formula is C28H30N2. The molecule has 0 amide bonds. The molecule has 2 atom stereocenters. The summed E-state index contributed by atoms with van der Waals surface area (Å²) in [6, 6.07) is 31.7. The molecule has 0 saturated heterocycles. The number of fused-ring (bicyclic) bond motifs is 2. The van der Waals surface area contributed by atoms with Gasteiger partial charge in [0.2, 0.25) is 0 Å². The highest BCUT2D eigenvalue weighted by atomic mass is 15.0. The third-order valence-electron chi connectivity index (χ3n) is 6.64. The van der Waals surface area contributed by atoms with Crippen molar-refractivity contribution in [2.24, 2.45) is 0 Å². The fourth-order valence-corrected chi connectivity index (χ4v) is 4.99. The van der Waals surface area contributed by atoms with E-state index in [1.165, 1.54) is 58.4 Å². The van der Waals surface area contributed by atoms with Gasteiger partial charge in [-0.15, -0.1) is 0 Å². The molecular weight excluding hydrogens is 364 g/mol. The van der Waals surface area contributed by atoms with Crippen LogP contribution in [0.2, 0.25) is 0 Å². The van der Waals surface area contributed by atoms with Crippen molar-refractivity contribution in [3.63, 3.8) is 0 Å². The third-order valence-corrected chi connectivity index (χ3v) is 6.64. The summed E-state index contributed by atoms with van der Waals surface area (Å²) in [5.74, 6) is 0. The van der Waals surface area contributed by atoms with Crippen LogP contribution in [0.25, 0.3) is 21.5 Å². The van der Waals surface area contributed by atoms with Crippen molar-refractivity contribution >= 4 is 21.5 Å². The molecule has 0 spiro atoms. The highest BCUT2D eigenvalue weighted by Gasteiger charge is 2.24. The summed E-state index contributed by atoms with van der Waals surface area (Å²) in [4.78, 5) is 0. The Hall–Kier alpha value is -2.68. The maximum Gasteiger partial charge on any atom is 0.0224 e. The second-order valence-corrected chi connectivity index (χ2v) is 8.54. The first-order valence-electron chi connectivity index (χ1n) is 11.3. The molecule has 1 aliphatic carbocycles. The fourth-order valence-electron chi connectivity index (χ4n) is 4.99. The van der Waals surface area contributed by atoms with E-state index in [2.05, 4.69) is 95.6 Å². The van der Waals surface area contributed by atoms with Gasteiger partial charge in [0, 0.05) is 25.2 Å². The molecule has 2 N–H and O–H groups in total. The normalized spacial score (nSPS) is 19.3. The second kappa shape index (κ2) is 8.99. The monoisotopic (exact) mass is 394 g/mol. The Kier molecular flexibility index (Phi) is 5.78. The van der Waals surface area contributed by atoms with E-state index in [1.54, 1.807) is 0 Å². The summed E-state index contributed by atoms with van der Waals surface area (Å²) < 4.78 is 0. The molecule has 0 aromatic heterocycles. The average molecular weight is 395 g/mol. The van der Waals surface area contributed by atoms with Crippen molar-refractivity contribution in [3.8, 4) is 0 Å². The molecule has 0 radical (unpaired) electrons. The van der Waals surface area contributed by atoms with Crippen LogP contribution in [0, 0.1) is 0 Å². The van der Waals surface area contributed by atoms with E-state index in [9.17, 15) is 0 Å². The Labute approximate surface area is 179 Å². The lowest BCUT2D eigenvalue weighted by molar-refractivity contribution is 0.281. The predicted octanol–water partition coefficient (Wildman–Crippen LogP) is 6.18. The van der Waals surface area contributed by atoms with Crippen LogP contribution in [-0.2, 0) is 13.1 Å². The standard InChI is InChI=1S/C28H30N2/c1-3-15-25-21(9-1)11-7-13-23(25)19-29-27-17-5-6-18-28(27)30-20-24-14-8-12-22-10-2-4-16-26(22)24/h1-4,7-16,27-30H,5-6,17-20H2. The minimum atomic E-state index is 0.521. The highest BCUT2D eigenvalue weighted by Crippen LogP contribution is 2.23. The molecule has 5 rings (SSSR count). The minimum absolute atomic E-state index is 0.521. The number of benzene rings is 4.